The molecular formula is C11H6F3IO3S. The number of ketones is 1. The third-order valence-electron chi connectivity index (χ3n) is 1.86. The highest BCUT2D eigenvalue weighted by Crippen LogP contribution is 2.21. The Bertz CT molecular complexity index is 565. The van der Waals surface area contributed by atoms with E-state index >= 15 is 0 Å². The van der Waals surface area contributed by atoms with Gasteiger partial charge < -0.3 is 5.11 Å². The lowest BCUT2D eigenvalue weighted by atomic mass is 10.2. The third-order valence-corrected chi connectivity index (χ3v) is 3.74. The van der Waals surface area contributed by atoms with Crippen molar-refractivity contribution < 1.29 is 27.9 Å². The first kappa shape index (κ1) is 15.9. The molecular weight excluding hydrogens is 396 g/mol. The summed E-state index contributed by atoms with van der Waals surface area (Å²) in [6, 6.07) is 5.46. The smallest absolute Gasteiger partial charge is 0.454 e. The van der Waals surface area contributed by atoms with Gasteiger partial charge >= 0.3 is 12.1 Å². The molecule has 0 fully saturated rings. The maximum atomic E-state index is 12.3. The Morgan fingerprint density at radius 1 is 1.16 bits per heavy atom. The van der Waals surface area contributed by atoms with Gasteiger partial charge in [0.15, 0.2) is 0 Å². The van der Waals surface area contributed by atoms with Gasteiger partial charge in [0.05, 0.1) is 2.88 Å². The highest BCUT2D eigenvalue weighted by Gasteiger charge is 2.38. The highest BCUT2D eigenvalue weighted by molar-refractivity contribution is 14.1. The van der Waals surface area contributed by atoms with Crippen LogP contribution in [0.15, 0.2) is 30.3 Å². The van der Waals surface area contributed by atoms with Crippen molar-refractivity contribution in [3.63, 3.8) is 0 Å². The predicted molar refractivity (Wildman–Crippen MR) is 72.0 cm³/mol. The van der Waals surface area contributed by atoms with Crippen LogP contribution in [0, 0.1) is 2.88 Å². The van der Waals surface area contributed by atoms with E-state index in [-0.39, 0.29) is 4.88 Å². The first-order chi connectivity index (χ1) is 8.71. The SMILES string of the molecule is O=C(O)c1cccc(C(=O)C(F)(F)F)ccc(I)s1. The van der Waals surface area contributed by atoms with E-state index in [1.54, 1.807) is 22.6 Å². The Morgan fingerprint density at radius 2 is 1.79 bits per heavy atom. The minimum Gasteiger partial charge on any atom is -0.477 e. The Hall–Kier alpha value is -1.16. The minimum absolute atomic E-state index is 0.0500. The normalized spacial score (nSPS) is 10.7. The van der Waals surface area contributed by atoms with Gasteiger partial charge in [-0.1, -0.05) is 12.1 Å². The van der Waals surface area contributed by atoms with Crippen LogP contribution in [-0.2, 0) is 0 Å². The van der Waals surface area contributed by atoms with E-state index in [0.29, 0.717) is 2.88 Å². The topological polar surface area (TPSA) is 54.4 Å². The predicted octanol–water partition coefficient (Wildman–Crippen LogP) is 3.92. The lowest BCUT2D eigenvalue weighted by Crippen LogP contribution is -2.22. The second-order valence-electron chi connectivity index (χ2n) is 3.22. The zero-order valence-corrected chi connectivity index (χ0v) is 12.0. The molecule has 1 N–H and O–H groups in total. The van der Waals surface area contributed by atoms with Crippen LogP contribution in [0.25, 0.3) is 0 Å². The number of carboxylic acids is 1. The van der Waals surface area contributed by atoms with Gasteiger partial charge in [-0.2, -0.15) is 13.2 Å². The van der Waals surface area contributed by atoms with Crippen molar-refractivity contribution in [1.82, 2.24) is 0 Å². The number of carbonyl (C=O) groups is 2. The zero-order chi connectivity index (χ0) is 14.6. The first-order valence-corrected chi connectivity index (χ1v) is 6.60. The van der Waals surface area contributed by atoms with Crippen molar-refractivity contribution in [2.24, 2.45) is 0 Å². The number of alkyl halides is 3. The first-order valence-electron chi connectivity index (χ1n) is 4.70. The second kappa shape index (κ2) is 6.33. The van der Waals surface area contributed by atoms with Crippen molar-refractivity contribution >= 4 is 45.7 Å². The average Bonchev–Trinajstić information content (AvgIpc) is 2.37. The fourth-order valence-corrected chi connectivity index (χ4v) is 2.52. The summed E-state index contributed by atoms with van der Waals surface area (Å²) in [5.74, 6) is -3.16. The minimum atomic E-state index is -4.96. The van der Waals surface area contributed by atoms with Crippen molar-refractivity contribution in [2.75, 3.05) is 0 Å². The van der Waals surface area contributed by atoms with E-state index in [2.05, 4.69) is 0 Å². The maximum Gasteiger partial charge on any atom is 0.454 e. The van der Waals surface area contributed by atoms with Crippen LogP contribution in [0.2, 0.25) is 0 Å². The Kier molecular flexibility index (Phi) is 5.29. The molecule has 0 saturated heterocycles. The average molecular weight is 402 g/mol. The molecule has 0 aliphatic carbocycles. The standard InChI is InChI=1S/C11H6F3IO3S/c12-11(13,14)9(16)6-2-1-3-7(10(17)18)19-8(15)5-4-6/h1-5H,(H,17,18). The van der Waals surface area contributed by atoms with Crippen LogP contribution in [-0.4, -0.2) is 23.0 Å². The molecule has 0 radical (unpaired) electrons. The molecule has 0 bridgehead atoms. The zero-order valence-electron chi connectivity index (χ0n) is 9.07. The van der Waals surface area contributed by atoms with Crippen molar-refractivity contribution in [1.29, 1.82) is 0 Å². The molecule has 1 rings (SSSR count). The molecule has 102 valence electrons. The van der Waals surface area contributed by atoms with Gasteiger partial charge in [-0.15, -0.1) is 11.3 Å². The molecule has 0 saturated carbocycles. The largest absolute Gasteiger partial charge is 0.477 e. The van der Waals surface area contributed by atoms with Crippen molar-refractivity contribution in [2.45, 2.75) is 6.18 Å². The Balaban J connectivity index is 3.41. The number of Topliss-reactive ketones (excluding diaryl/α,β-unsaturated/α-hetero) is 1. The third kappa shape index (κ3) is 4.78. The van der Waals surface area contributed by atoms with Gasteiger partial charge in [0, 0.05) is 5.56 Å². The lowest BCUT2D eigenvalue weighted by Gasteiger charge is -2.02. The molecule has 0 unspecified atom stereocenters. The van der Waals surface area contributed by atoms with Crippen LogP contribution in [0.3, 0.4) is 0 Å². The molecule has 0 aliphatic rings. The molecule has 8 heteroatoms. The summed E-state index contributed by atoms with van der Waals surface area (Å²) >= 11 is 2.66. The van der Waals surface area contributed by atoms with E-state index in [9.17, 15) is 22.8 Å². The molecule has 0 amide bonds. The van der Waals surface area contributed by atoms with Crippen LogP contribution in [0.4, 0.5) is 13.2 Å². The number of carboxylic acid groups (broad SMARTS) is 1. The molecule has 1 aromatic heterocycles. The number of carbonyl (C=O) groups excluding carboxylic acids is 1. The summed E-state index contributed by atoms with van der Waals surface area (Å²) in [6.07, 6.45) is -4.96. The summed E-state index contributed by atoms with van der Waals surface area (Å²) in [5.41, 5.74) is -0.551. The van der Waals surface area contributed by atoms with E-state index in [4.69, 9.17) is 5.11 Å². The van der Waals surface area contributed by atoms with E-state index < -0.39 is 23.5 Å². The molecule has 0 aromatic carbocycles. The molecule has 1 aromatic rings. The number of hydrogen-bond acceptors (Lipinski definition) is 3. The van der Waals surface area contributed by atoms with Crippen LogP contribution < -0.4 is 0 Å². The molecule has 0 aliphatic heterocycles. The monoisotopic (exact) mass is 402 g/mol. The molecule has 19 heavy (non-hydrogen) atoms. The van der Waals surface area contributed by atoms with Gasteiger partial charge in [0.1, 0.15) is 4.88 Å². The number of aromatic carboxylic acids is 1. The molecule has 0 atom stereocenters. The lowest BCUT2D eigenvalue weighted by molar-refractivity contribution is -0.0885. The van der Waals surface area contributed by atoms with Gasteiger partial charge in [0.25, 0.3) is 5.78 Å². The van der Waals surface area contributed by atoms with Crippen molar-refractivity contribution in [3.05, 3.63) is 43.7 Å². The van der Waals surface area contributed by atoms with Gasteiger partial charge in [0.2, 0.25) is 0 Å². The Labute approximate surface area is 123 Å². The number of halogens is 4. The van der Waals surface area contributed by atoms with Crippen LogP contribution >= 0.6 is 33.9 Å². The fraction of sp³-hybridized carbons (Fsp3) is 0.0909. The van der Waals surface area contributed by atoms with E-state index in [0.717, 1.165) is 35.6 Å². The summed E-state index contributed by atoms with van der Waals surface area (Å²) in [6.45, 7) is 0. The number of hydrogen-bond donors (Lipinski definition) is 1. The van der Waals surface area contributed by atoms with E-state index in [1.807, 2.05) is 0 Å². The quantitative estimate of drug-likeness (QED) is 0.603. The molecule has 3 nitrogen and oxygen atoms in total. The maximum absolute atomic E-state index is 12.3. The van der Waals surface area contributed by atoms with Crippen LogP contribution in [0.1, 0.15) is 20.0 Å². The summed E-state index contributed by atoms with van der Waals surface area (Å²) in [5, 5.41) is 8.85. The summed E-state index contributed by atoms with van der Waals surface area (Å²) in [4.78, 5) is 21.9. The van der Waals surface area contributed by atoms with Crippen molar-refractivity contribution in [3.8, 4) is 0 Å². The van der Waals surface area contributed by atoms with Gasteiger partial charge in [-0.25, -0.2) is 4.79 Å². The second-order valence-corrected chi connectivity index (χ2v) is 6.19. The summed E-state index contributed by atoms with van der Waals surface area (Å²) in [7, 11) is 0. The Morgan fingerprint density at radius 3 is 2.32 bits per heavy atom. The molecule has 1 heterocycles. The number of rotatable bonds is 2. The van der Waals surface area contributed by atoms with E-state index in [1.165, 1.54) is 6.07 Å². The van der Waals surface area contributed by atoms with Gasteiger partial charge in [-0.3, -0.25) is 4.79 Å². The van der Waals surface area contributed by atoms with Gasteiger partial charge in [-0.05, 0) is 40.8 Å². The summed E-state index contributed by atoms with van der Waals surface area (Å²) < 4.78 is 37.4. The van der Waals surface area contributed by atoms with Crippen LogP contribution in [0.5, 0.6) is 0 Å². The molecule has 0 spiro atoms. The highest BCUT2D eigenvalue weighted by atomic mass is 127. The fourth-order valence-electron chi connectivity index (χ4n) is 1.05.